The lowest BCUT2D eigenvalue weighted by Gasteiger charge is -2.10. The van der Waals surface area contributed by atoms with E-state index in [0.29, 0.717) is 17.1 Å². The molecule has 3 radical (unpaired) electrons. The van der Waals surface area contributed by atoms with Gasteiger partial charge in [-0.15, -0.1) is 0 Å². The van der Waals surface area contributed by atoms with Crippen molar-refractivity contribution in [1.82, 2.24) is 0 Å². The second-order valence-corrected chi connectivity index (χ2v) is 7.13. The summed E-state index contributed by atoms with van der Waals surface area (Å²) in [6, 6.07) is 12.3. The molecule has 2 aromatic carbocycles. The average molecular weight is 323 g/mol. The monoisotopic (exact) mass is 323 g/mol. The summed E-state index contributed by atoms with van der Waals surface area (Å²) in [5.74, 6) is 0.609. The van der Waals surface area contributed by atoms with Crippen LogP contribution in [0.25, 0.3) is 0 Å². The van der Waals surface area contributed by atoms with E-state index in [2.05, 4.69) is 10.2 Å². The molecular weight excluding hydrogens is 311 g/mol. The van der Waals surface area contributed by atoms with E-state index < -0.39 is 15.0 Å². The van der Waals surface area contributed by atoms with Crippen LogP contribution in [0.4, 0.5) is 4.39 Å². The molecule has 0 aliphatic carbocycles. The zero-order chi connectivity index (χ0) is 15.5. The predicted molar refractivity (Wildman–Crippen MR) is 77.7 cm³/mol. The molecule has 0 saturated carbocycles. The number of rotatable bonds is 5. The maximum atomic E-state index is 12.8. The fourth-order valence-corrected chi connectivity index (χ4v) is 2.33. The number of hydrogen-bond donors (Lipinski definition) is 1. The third kappa shape index (κ3) is 4.66. The van der Waals surface area contributed by atoms with E-state index in [-0.39, 0.29) is 12.2 Å². The standard InChI is InChI=1S/C14H12FO4SSi/c15-11-4-6-12(7-5-11)19-13-3-1-2-10(8-13)9-14(21)20(16,17)18/h1-8,14H,9H2,(H,16,17,18). The summed E-state index contributed by atoms with van der Waals surface area (Å²) in [5, 5.41) is 0. The van der Waals surface area contributed by atoms with Gasteiger partial charge in [-0.2, -0.15) is 8.42 Å². The van der Waals surface area contributed by atoms with Crippen molar-refractivity contribution in [2.75, 3.05) is 0 Å². The highest BCUT2D eigenvalue weighted by molar-refractivity contribution is 7.87. The van der Waals surface area contributed by atoms with Crippen LogP contribution in [0.15, 0.2) is 48.5 Å². The Hall–Kier alpha value is -1.70. The van der Waals surface area contributed by atoms with Crippen LogP contribution in [-0.4, -0.2) is 28.1 Å². The smallest absolute Gasteiger partial charge is 0.264 e. The molecule has 0 aliphatic heterocycles. The topological polar surface area (TPSA) is 63.6 Å². The summed E-state index contributed by atoms with van der Waals surface area (Å²) >= 11 is 0. The summed E-state index contributed by atoms with van der Waals surface area (Å²) in [7, 11) is -1.18. The lowest BCUT2D eigenvalue weighted by Crippen LogP contribution is -2.23. The molecule has 0 saturated heterocycles. The number of benzene rings is 2. The van der Waals surface area contributed by atoms with Crippen LogP contribution >= 0.6 is 0 Å². The van der Waals surface area contributed by atoms with Crippen LogP contribution < -0.4 is 4.74 Å². The lowest BCUT2D eigenvalue weighted by atomic mass is 10.1. The van der Waals surface area contributed by atoms with Crippen LogP contribution in [0.2, 0.25) is 0 Å². The van der Waals surface area contributed by atoms with Gasteiger partial charge < -0.3 is 4.74 Å². The molecule has 0 aliphatic rings. The maximum Gasteiger partial charge on any atom is 0.264 e. The largest absolute Gasteiger partial charge is 0.457 e. The highest BCUT2D eigenvalue weighted by Crippen LogP contribution is 2.23. The van der Waals surface area contributed by atoms with Gasteiger partial charge in [-0.25, -0.2) is 4.39 Å². The van der Waals surface area contributed by atoms with Crippen molar-refractivity contribution in [3.05, 3.63) is 59.9 Å². The van der Waals surface area contributed by atoms with Crippen molar-refractivity contribution in [2.45, 2.75) is 11.3 Å². The van der Waals surface area contributed by atoms with Gasteiger partial charge in [-0.1, -0.05) is 12.1 Å². The summed E-state index contributed by atoms with van der Waals surface area (Å²) in [6.07, 6.45) is 0.0936. The van der Waals surface area contributed by atoms with E-state index in [1.54, 1.807) is 24.3 Å². The Kier molecular flexibility index (Phi) is 4.76. The molecule has 4 nitrogen and oxygen atoms in total. The van der Waals surface area contributed by atoms with Crippen molar-refractivity contribution in [1.29, 1.82) is 0 Å². The molecule has 0 amide bonds. The van der Waals surface area contributed by atoms with Crippen LogP contribution in [0.5, 0.6) is 11.5 Å². The Bertz CT molecular complexity index is 716. The molecule has 2 rings (SSSR count). The van der Waals surface area contributed by atoms with E-state index in [1.165, 1.54) is 24.3 Å². The predicted octanol–water partition coefficient (Wildman–Crippen LogP) is 2.54. The SMILES string of the molecule is O=S(=O)(O)C([Si])Cc1cccc(Oc2ccc(F)cc2)c1. The molecule has 0 spiro atoms. The van der Waals surface area contributed by atoms with Crippen molar-refractivity contribution < 1.29 is 22.1 Å². The van der Waals surface area contributed by atoms with Crippen molar-refractivity contribution in [3.63, 3.8) is 0 Å². The molecule has 7 heteroatoms. The molecule has 109 valence electrons. The second-order valence-electron chi connectivity index (χ2n) is 4.41. The Balaban J connectivity index is 2.12. The van der Waals surface area contributed by atoms with E-state index in [9.17, 15) is 12.8 Å². The van der Waals surface area contributed by atoms with Gasteiger partial charge in [0, 0.05) is 0 Å². The number of ether oxygens (including phenoxy) is 1. The Morgan fingerprint density at radius 1 is 1.14 bits per heavy atom. The van der Waals surface area contributed by atoms with Gasteiger partial charge in [0.25, 0.3) is 10.1 Å². The summed E-state index contributed by atoms with van der Waals surface area (Å²) < 4.78 is 49.3. The maximum absolute atomic E-state index is 12.8. The first kappa shape index (κ1) is 15.7. The normalized spacial score (nSPS) is 12.9. The fourth-order valence-electron chi connectivity index (χ4n) is 1.69. The quantitative estimate of drug-likeness (QED) is 0.678. The second kappa shape index (κ2) is 6.38. The van der Waals surface area contributed by atoms with E-state index in [1.807, 2.05) is 0 Å². The van der Waals surface area contributed by atoms with Gasteiger partial charge in [0.2, 0.25) is 0 Å². The molecule has 0 bridgehead atoms. The summed E-state index contributed by atoms with van der Waals surface area (Å²) in [4.78, 5) is -1.08. The third-order valence-corrected chi connectivity index (χ3v) is 4.71. The molecule has 1 atom stereocenters. The van der Waals surface area contributed by atoms with E-state index in [0.717, 1.165) is 0 Å². The molecular formula is C14H12FO4SSi. The highest BCUT2D eigenvalue weighted by atomic mass is 32.2. The van der Waals surface area contributed by atoms with Gasteiger partial charge >= 0.3 is 0 Å². The highest BCUT2D eigenvalue weighted by Gasteiger charge is 2.17. The average Bonchev–Trinajstić information content (AvgIpc) is 2.41. The summed E-state index contributed by atoms with van der Waals surface area (Å²) in [5.41, 5.74) is 0.673. The zero-order valence-electron chi connectivity index (χ0n) is 10.9. The number of halogens is 1. The minimum absolute atomic E-state index is 0.0936. The van der Waals surface area contributed by atoms with Crippen molar-refractivity contribution in [3.8, 4) is 11.5 Å². The van der Waals surface area contributed by atoms with Crippen LogP contribution in [-0.2, 0) is 16.5 Å². The first-order chi connectivity index (χ1) is 9.84. The molecule has 1 unspecified atom stereocenters. The molecule has 1 N–H and O–H groups in total. The van der Waals surface area contributed by atoms with E-state index in [4.69, 9.17) is 9.29 Å². The Labute approximate surface area is 125 Å². The van der Waals surface area contributed by atoms with Crippen molar-refractivity contribution >= 4 is 20.4 Å². The van der Waals surface area contributed by atoms with E-state index >= 15 is 0 Å². The minimum atomic E-state index is -4.15. The van der Waals surface area contributed by atoms with Crippen LogP contribution in [0.1, 0.15) is 5.56 Å². The Morgan fingerprint density at radius 3 is 2.43 bits per heavy atom. The van der Waals surface area contributed by atoms with Gasteiger partial charge in [0.15, 0.2) is 0 Å². The Morgan fingerprint density at radius 2 is 1.81 bits per heavy atom. The van der Waals surface area contributed by atoms with Crippen molar-refractivity contribution in [2.24, 2.45) is 0 Å². The third-order valence-electron chi connectivity index (χ3n) is 2.73. The lowest BCUT2D eigenvalue weighted by molar-refractivity contribution is 0.475. The molecule has 21 heavy (non-hydrogen) atoms. The fraction of sp³-hybridized carbons (Fsp3) is 0.143. The molecule has 0 aromatic heterocycles. The van der Waals surface area contributed by atoms with Gasteiger partial charge in [0.05, 0.1) is 15.1 Å². The molecule has 2 aromatic rings. The van der Waals surface area contributed by atoms with Gasteiger partial charge in [-0.05, 0) is 48.4 Å². The first-order valence-corrected chi connectivity index (χ1v) is 8.12. The minimum Gasteiger partial charge on any atom is -0.457 e. The van der Waals surface area contributed by atoms with Gasteiger partial charge in [0.1, 0.15) is 17.3 Å². The number of hydrogen-bond acceptors (Lipinski definition) is 3. The first-order valence-electron chi connectivity index (χ1n) is 6.04. The van der Waals surface area contributed by atoms with Gasteiger partial charge in [-0.3, -0.25) is 4.55 Å². The molecule has 0 heterocycles. The van der Waals surface area contributed by atoms with Crippen LogP contribution in [0, 0.1) is 5.82 Å². The van der Waals surface area contributed by atoms with Crippen LogP contribution in [0.3, 0.4) is 0 Å². The molecule has 0 fully saturated rings. The summed E-state index contributed by atoms with van der Waals surface area (Å²) in [6.45, 7) is 0. The zero-order valence-corrected chi connectivity index (χ0v) is 12.7.